The molecule has 4 rings (SSSR count). The molecule has 6 heteroatoms. The number of ether oxygens (including phenoxy) is 3. The molecule has 158 valence electrons. The third-order valence-electron chi connectivity index (χ3n) is 6.52. The molecule has 0 unspecified atom stereocenters. The van der Waals surface area contributed by atoms with E-state index in [2.05, 4.69) is 37.0 Å². The van der Waals surface area contributed by atoms with Crippen molar-refractivity contribution in [1.29, 1.82) is 0 Å². The Morgan fingerprint density at radius 2 is 2.17 bits per heavy atom. The van der Waals surface area contributed by atoms with Crippen molar-refractivity contribution in [3.05, 3.63) is 45.4 Å². The lowest BCUT2D eigenvalue weighted by Gasteiger charge is -2.34. The minimum absolute atomic E-state index is 0.0147. The maximum absolute atomic E-state index is 9.27. The van der Waals surface area contributed by atoms with Gasteiger partial charge in [-0.05, 0) is 55.4 Å². The third kappa shape index (κ3) is 4.36. The topological polar surface area (TPSA) is 60.8 Å². The number of aryl methyl sites for hydroxylation is 2. The van der Waals surface area contributed by atoms with Crippen LogP contribution in [0, 0.1) is 18.8 Å². The summed E-state index contributed by atoms with van der Waals surface area (Å²) in [5, 5.41) is 12.2. The van der Waals surface area contributed by atoms with Crippen LogP contribution in [0.3, 0.4) is 0 Å². The van der Waals surface area contributed by atoms with E-state index in [0.717, 1.165) is 42.1 Å². The van der Waals surface area contributed by atoms with Gasteiger partial charge in [-0.2, -0.15) is 0 Å². The van der Waals surface area contributed by atoms with Gasteiger partial charge in [0.1, 0.15) is 16.9 Å². The van der Waals surface area contributed by atoms with Gasteiger partial charge in [0.25, 0.3) is 0 Å². The summed E-state index contributed by atoms with van der Waals surface area (Å²) in [4.78, 5) is 4.51. The lowest BCUT2D eigenvalue weighted by molar-refractivity contribution is -0.0812. The van der Waals surface area contributed by atoms with Crippen LogP contribution in [-0.4, -0.2) is 36.0 Å². The van der Waals surface area contributed by atoms with E-state index in [1.165, 1.54) is 11.1 Å². The van der Waals surface area contributed by atoms with E-state index in [1.54, 1.807) is 18.4 Å². The maximum Gasteiger partial charge on any atom is 0.122 e. The van der Waals surface area contributed by atoms with Crippen molar-refractivity contribution in [2.24, 2.45) is 11.8 Å². The molecule has 2 aromatic rings. The molecule has 5 nitrogen and oxygen atoms in total. The Balaban J connectivity index is 1.41. The molecular weight excluding hydrogens is 386 g/mol. The third-order valence-corrected chi connectivity index (χ3v) is 7.51. The molecule has 1 saturated heterocycles. The Labute approximate surface area is 177 Å². The number of hydrogen-bond acceptors (Lipinski definition) is 6. The van der Waals surface area contributed by atoms with Crippen molar-refractivity contribution in [1.82, 2.24) is 4.98 Å². The second kappa shape index (κ2) is 9.13. The van der Waals surface area contributed by atoms with E-state index in [1.807, 2.05) is 5.38 Å². The highest BCUT2D eigenvalue weighted by molar-refractivity contribution is 7.09. The summed E-state index contributed by atoms with van der Waals surface area (Å²) in [6, 6.07) is 6.37. The summed E-state index contributed by atoms with van der Waals surface area (Å²) < 4.78 is 18.5. The van der Waals surface area contributed by atoms with E-state index < -0.39 is 0 Å². The van der Waals surface area contributed by atoms with Gasteiger partial charge in [0.15, 0.2) is 0 Å². The minimum atomic E-state index is -0.0147. The molecule has 1 saturated carbocycles. The fraction of sp³-hybridized carbons (Fsp3) is 0.609. The first-order valence-electron chi connectivity index (χ1n) is 10.6. The summed E-state index contributed by atoms with van der Waals surface area (Å²) in [7, 11) is 1.79. The molecule has 0 amide bonds. The van der Waals surface area contributed by atoms with Crippen molar-refractivity contribution in [3.8, 4) is 5.75 Å². The second-order valence-electron chi connectivity index (χ2n) is 8.17. The lowest BCUT2D eigenvalue weighted by Crippen LogP contribution is -2.33. The van der Waals surface area contributed by atoms with Crippen LogP contribution in [0.4, 0.5) is 0 Å². The predicted molar refractivity (Wildman–Crippen MR) is 113 cm³/mol. The van der Waals surface area contributed by atoms with Gasteiger partial charge in [0.2, 0.25) is 0 Å². The molecule has 1 N–H and O–H groups in total. The molecule has 0 bridgehead atoms. The van der Waals surface area contributed by atoms with Crippen LogP contribution in [-0.2, 0) is 22.5 Å². The Kier molecular flexibility index (Phi) is 6.54. The van der Waals surface area contributed by atoms with Crippen LogP contribution in [0.5, 0.6) is 5.75 Å². The SMILES string of the molecule is CCc1cc(OC[C@@H]2[C@H]3CC[C@H](c4nc(CO)cs4)O[C@H]3C[C@@H]2OC)ccc1C. The highest BCUT2D eigenvalue weighted by atomic mass is 32.1. The number of methoxy groups -OCH3 is 1. The molecule has 0 radical (unpaired) electrons. The van der Waals surface area contributed by atoms with Crippen molar-refractivity contribution in [3.63, 3.8) is 0 Å². The Bertz CT molecular complexity index is 823. The average Bonchev–Trinajstić information content (AvgIpc) is 3.37. The number of benzene rings is 1. The van der Waals surface area contributed by atoms with Gasteiger partial charge in [-0.25, -0.2) is 4.98 Å². The Morgan fingerprint density at radius 1 is 1.31 bits per heavy atom. The van der Waals surface area contributed by atoms with Crippen molar-refractivity contribution in [2.75, 3.05) is 13.7 Å². The van der Waals surface area contributed by atoms with Gasteiger partial charge in [0.05, 0.1) is 31.1 Å². The maximum atomic E-state index is 9.27. The minimum Gasteiger partial charge on any atom is -0.493 e. The zero-order chi connectivity index (χ0) is 20.4. The van der Waals surface area contributed by atoms with E-state index in [9.17, 15) is 5.11 Å². The molecule has 2 aliphatic rings. The fourth-order valence-corrected chi connectivity index (χ4v) is 5.73. The van der Waals surface area contributed by atoms with Crippen LogP contribution in [0.2, 0.25) is 0 Å². The number of rotatable bonds is 7. The molecule has 1 aromatic carbocycles. The molecular formula is C23H31NO4S. The number of aliphatic hydroxyl groups excluding tert-OH is 1. The van der Waals surface area contributed by atoms with Gasteiger partial charge in [-0.3, -0.25) is 0 Å². The first kappa shape index (κ1) is 20.8. The molecule has 5 atom stereocenters. The van der Waals surface area contributed by atoms with Gasteiger partial charge in [-0.1, -0.05) is 13.0 Å². The smallest absolute Gasteiger partial charge is 0.122 e. The highest BCUT2D eigenvalue weighted by Gasteiger charge is 2.48. The van der Waals surface area contributed by atoms with Crippen molar-refractivity contribution < 1.29 is 19.3 Å². The standard InChI is InChI=1S/C23H31NO4S/c1-4-15-9-17(6-5-14(15)2)27-12-19-18-7-8-20(23-24-16(11-25)13-29-23)28-22(18)10-21(19)26-3/h5-6,9,13,18-22,25H,4,7-8,10-12H2,1-3H3/t18-,19-,20-,21+,22+/m1/s1. The van der Waals surface area contributed by atoms with E-state index >= 15 is 0 Å². The average molecular weight is 418 g/mol. The zero-order valence-electron chi connectivity index (χ0n) is 17.5. The van der Waals surface area contributed by atoms with Crippen molar-refractivity contribution in [2.45, 2.75) is 64.4 Å². The molecule has 0 spiro atoms. The van der Waals surface area contributed by atoms with E-state index in [0.29, 0.717) is 18.4 Å². The number of nitrogens with zero attached hydrogens (tertiary/aromatic N) is 1. The largest absolute Gasteiger partial charge is 0.493 e. The summed E-state index contributed by atoms with van der Waals surface area (Å²) in [6.07, 6.45) is 4.33. The van der Waals surface area contributed by atoms with Crippen LogP contribution >= 0.6 is 11.3 Å². The highest BCUT2D eigenvalue weighted by Crippen LogP contribution is 2.47. The number of fused-ring (bicyclic) bond motifs is 1. The predicted octanol–water partition coefficient (Wildman–Crippen LogP) is 4.46. The van der Waals surface area contributed by atoms with Crippen LogP contribution in [0.25, 0.3) is 0 Å². The monoisotopic (exact) mass is 417 g/mol. The number of hydrogen-bond donors (Lipinski definition) is 1. The molecule has 1 aliphatic carbocycles. The number of aromatic nitrogens is 1. The summed E-state index contributed by atoms with van der Waals surface area (Å²) in [5.74, 6) is 1.73. The van der Waals surface area contributed by atoms with Crippen molar-refractivity contribution >= 4 is 11.3 Å². The molecule has 2 heterocycles. The molecule has 1 aromatic heterocycles. The second-order valence-corrected chi connectivity index (χ2v) is 9.06. The first-order chi connectivity index (χ1) is 14.1. The van der Waals surface area contributed by atoms with E-state index in [-0.39, 0.29) is 24.9 Å². The van der Waals surface area contributed by atoms with Crippen LogP contribution in [0.15, 0.2) is 23.6 Å². The van der Waals surface area contributed by atoms with Gasteiger partial charge in [0, 0.05) is 24.8 Å². The lowest BCUT2D eigenvalue weighted by atomic mass is 9.87. The molecule has 1 aliphatic heterocycles. The van der Waals surface area contributed by atoms with Crippen LogP contribution in [0.1, 0.15) is 54.1 Å². The van der Waals surface area contributed by atoms with Crippen LogP contribution < -0.4 is 4.74 Å². The summed E-state index contributed by atoms with van der Waals surface area (Å²) >= 11 is 1.58. The number of thiazole rings is 1. The fourth-order valence-electron chi connectivity index (χ4n) is 4.85. The Morgan fingerprint density at radius 3 is 2.90 bits per heavy atom. The normalized spacial score (nSPS) is 29.0. The Hall–Kier alpha value is -1.47. The van der Waals surface area contributed by atoms with E-state index in [4.69, 9.17) is 14.2 Å². The first-order valence-corrected chi connectivity index (χ1v) is 11.5. The molecule has 2 fully saturated rings. The number of aliphatic hydroxyl groups is 1. The summed E-state index contributed by atoms with van der Waals surface area (Å²) in [6.45, 7) is 4.97. The van der Waals surface area contributed by atoms with Gasteiger partial charge in [-0.15, -0.1) is 11.3 Å². The molecule has 29 heavy (non-hydrogen) atoms. The van der Waals surface area contributed by atoms with Gasteiger partial charge >= 0.3 is 0 Å². The summed E-state index contributed by atoms with van der Waals surface area (Å²) in [5.41, 5.74) is 3.38. The quantitative estimate of drug-likeness (QED) is 0.721. The zero-order valence-corrected chi connectivity index (χ0v) is 18.3. The van der Waals surface area contributed by atoms with Gasteiger partial charge < -0.3 is 19.3 Å².